The molecule has 80 valence electrons. The lowest BCUT2D eigenvalue weighted by Gasteiger charge is -2.26. The van der Waals surface area contributed by atoms with Crippen LogP contribution in [0, 0.1) is 0 Å². The van der Waals surface area contributed by atoms with Gasteiger partial charge >= 0.3 is 0 Å². The fourth-order valence-electron chi connectivity index (χ4n) is 2.25. The van der Waals surface area contributed by atoms with Crippen LogP contribution in [0.25, 0.3) is 0 Å². The number of methoxy groups -OCH3 is 1. The maximum Gasteiger partial charge on any atom is 0.162 e. The van der Waals surface area contributed by atoms with Gasteiger partial charge in [-0.15, -0.1) is 0 Å². The van der Waals surface area contributed by atoms with Gasteiger partial charge in [0.05, 0.1) is 0 Å². The highest BCUT2D eigenvalue weighted by Crippen LogP contribution is 2.31. The van der Waals surface area contributed by atoms with E-state index in [4.69, 9.17) is 4.74 Å². The van der Waals surface area contributed by atoms with Crippen molar-refractivity contribution in [3.63, 3.8) is 0 Å². The molecule has 0 heterocycles. The Bertz CT molecular complexity index is 332. The maximum absolute atomic E-state index is 11.7. The molecule has 0 spiro atoms. The summed E-state index contributed by atoms with van der Waals surface area (Å²) in [5.74, 6) is 0.641. The van der Waals surface area contributed by atoms with E-state index in [1.54, 1.807) is 7.11 Å². The third-order valence-electron chi connectivity index (χ3n) is 3.14. The Labute approximate surface area is 90.3 Å². The number of carbonyl (C=O) groups excluding carboxylic acids is 1. The van der Waals surface area contributed by atoms with E-state index >= 15 is 0 Å². The van der Waals surface area contributed by atoms with Gasteiger partial charge in [0.2, 0.25) is 0 Å². The van der Waals surface area contributed by atoms with Gasteiger partial charge < -0.3 is 4.74 Å². The molecule has 15 heavy (non-hydrogen) atoms. The summed E-state index contributed by atoms with van der Waals surface area (Å²) >= 11 is 0. The van der Waals surface area contributed by atoms with Crippen LogP contribution in [0.5, 0.6) is 0 Å². The van der Waals surface area contributed by atoms with Gasteiger partial charge in [0.15, 0.2) is 5.78 Å². The molecule has 0 unspecified atom stereocenters. The zero-order valence-electron chi connectivity index (χ0n) is 8.98. The number of rotatable bonds is 2. The molecule has 2 heteroatoms. The van der Waals surface area contributed by atoms with E-state index in [2.05, 4.69) is 12.1 Å². The summed E-state index contributed by atoms with van der Waals surface area (Å²) in [6.07, 6.45) is 2.37. The van der Waals surface area contributed by atoms with E-state index in [1.165, 1.54) is 5.56 Å². The fraction of sp³-hybridized carbons (Fsp3) is 0.462. The van der Waals surface area contributed by atoms with Crippen LogP contribution in [0.15, 0.2) is 30.3 Å². The molecule has 2 nitrogen and oxygen atoms in total. The second-order valence-electron chi connectivity index (χ2n) is 4.08. The summed E-state index contributed by atoms with van der Waals surface area (Å²) < 4.78 is 5.14. The van der Waals surface area contributed by atoms with Crippen molar-refractivity contribution in [2.24, 2.45) is 0 Å². The quantitative estimate of drug-likeness (QED) is 0.740. The van der Waals surface area contributed by atoms with Crippen molar-refractivity contribution < 1.29 is 9.53 Å². The number of hydrogen-bond acceptors (Lipinski definition) is 2. The second kappa shape index (κ2) is 4.58. The van der Waals surface area contributed by atoms with E-state index in [1.807, 2.05) is 18.2 Å². The first kappa shape index (κ1) is 10.4. The standard InChI is InChI=1S/C13H16O2/c1-15-13-8-7-11(9-12(13)14)10-5-3-2-4-6-10/h2-6,11,13H,7-9H2,1H3/t11-,13-/m1/s1. The van der Waals surface area contributed by atoms with Crippen molar-refractivity contribution in [2.45, 2.75) is 31.3 Å². The highest BCUT2D eigenvalue weighted by atomic mass is 16.5. The van der Waals surface area contributed by atoms with Crippen molar-refractivity contribution in [1.29, 1.82) is 0 Å². The van der Waals surface area contributed by atoms with Crippen molar-refractivity contribution in [3.8, 4) is 0 Å². The molecule has 0 radical (unpaired) electrons. The molecule has 0 N–H and O–H groups in total. The molecule has 1 aromatic rings. The Balaban J connectivity index is 2.06. The van der Waals surface area contributed by atoms with E-state index in [0.29, 0.717) is 12.3 Å². The lowest BCUT2D eigenvalue weighted by Crippen LogP contribution is -2.29. The van der Waals surface area contributed by atoms with Crippen LogP contribution in [0.3, 0.4) is 0 Å². The molecule has 2 atom stereocenters. The van der Waals surface area contributed by atoms with Crippen LogP contribution in [0.1, 0.15) is 30.7 Å². The molecular weight excluding hydrogens is 188 g/mol. The molecule has 0 saturated heterocycles. The minimum Gasteiger partial charge on any atom is -0.374 e. The number of hydrogen-bond donors (Lipinski definition) is 0. The molecule has 1 aliphatic rings. The first-order valence-electron chi connectivity index (χ1n) is 5.41. The summed E-state index contributed by atoms with van der Waals surface area (Å²) in [7, 11) is 1.62. The molecule has 2 rings (SSSR count). The highest BCUT2D eigenvalue weighted by Gasteiger charge is 2.28. The lowest BCUT2D eigenvalue weighted by atomic mass is 9.82. The van der Waals surface area contributed by atoms with E-state index in [-0.39, 0.29) is 11.9 Å². The first-order chi connectivity index (χ1) is 7.31. The predicted molar refractivity (Wildman–Crippen MR) is 58.8 cm³/mol. The van der Waals surface area contributed by atoms with E-state index in [9.17, 15) is 4.79 Å². The van der Waals surface area contributed by atoms with Crippen molar-refractivity contribution in [2.75, 3.05) is 7.11 Å². The van der Waals surface area contributed by atoms with E-state index < -0.39 is 0 Å². The van der Waals surface area contributed by atoms with Crippen LogP contribution in [0.4, 0.5) is 0 Å². The third kappa shape index (κ3) is 2.26. The van der Waals surface area contributed by atoms with Gasteiger partial charge in [-0.05, 0) is 24.3 Å². The molecule has 1 fully saturated rings. The predicted octanol–water partition coefficient (Wildman–Crippen LogP) is 2.54. The van der Waals surface area contributed by atoms with Crippen molar-refractivity contribution in [3.05, 3.63) is 35.9 Å². The summed E-state index contributed by atoms with van der Waals surface area (Å²) in [4.78, 5) is 11.7. The summed E-state index contributed by atoms with van der Waals surface area (Å²) in [6, 6.07) is 10.3. The Morgan fingerprint density at radius 3 is 2.53 bits per heavy atom. The summed E-state index contributed by atoms with van der Waals surface area (Å²) in [5, 5.41) is 0. The topological polar surface area (TPSA) is 26.3 Å². The van der Waals surface area contributed by atoms with Crippen molar-refractivity contribution >= 4 is 5.78 Å². The van der Waals surface area contributed by atoms with Crippen LogP contribution in [0.2, 0.25) is 0 Å². The zero-order valence-corrected chi connectivity index (χ0v) is 8.98. The van der Waals surface area contributed by atoms with Crippen LogP contribution in [-0.4, -0.2) is 19.0 Å². The van der Waals surface area contributed by atoms with Crippen LogP contribution >= 0.6 is 0 Å². The van der Waals surface area contributed by atoms with Gasteiger partial charge in [0, 0.05) is 13.5 Å². The number of ether oxygens (including phenoxy) is 1. The first-order valence-corrected chi connectivity index (χ1v) is 5.41. The zero-order chi connectivity index (χ0) is 10.7. The lowest BCUT2D eigenvalue weighted by molar-refractivity contribution is -0.131. The van der Waals surface area contributed by atoms with Gasteiger partial charge in [-0.2, -0.15) is 0 Å². The molecule has 0 bridgehead atoms. The van der Waals surface area contributed by atoms with E-state index in [0.717, 1.165) is 12.8 Å². The van der Waals surface area contributed by atoms with Gasteiger partial charge in [-0.25, -0.2) is 0 Å². The van der Waals surface area contributed by atoms with Crippen LogP contribution < -0.4 is 0 Å². The monoisotopic (exact) mass is 204 g/mol. The largest absolute Gasteiger partial charge is 0.374 e. The van der Waals surface area contributed by atoms with Gasteiger partial charge in [-0.3, -0.25) is 4.79 Å². The molecule has 0 amide bonds. The molecule has 0 aromatic heterocycles. The number of Topliss-reactive ketones (excluding diaryl/α,β-unsaturated/α-hetero) is 1. The molecule has 1 saturated carbocycles. The molecular formula is C13H16O2. The minimum absolute atomic E-state index is 0.162. The average Bonchev–Trinajstić information content (AvgIpc) is 2.30. The minimum atomic E-state index is -0.162. The Morgan fingerprint density at radius 2 is 1.93 bits per heavy atom. The highest BCUT2D eigenvalue weighted by molar-refractivity contribution is 5.84. The maximum atomic E-state index is 11.7. The summed E-state index contributed by atoms with van der Waals surface area (Å²) in [5.41, 5.74) is 1.28. The Kier molecular flexibility index (Phi) is 3.17. The molecule has 1 aliphatic carbocycles. The molecule has 0 aliphatic heterocycles. The van der Waals surface area contributed by atoms with Crippen LogP contribution in [-0.2, 0) is 9.53 Å². The number of carbonyl (C=O) groups is 1. The van der Waals surface area contributed by atoms with Gasteiger partial charge in [0.25, 0.3) is 0 Å². The fourth-order valence-corrected chi connectivity index (χ4v) is 2.25. The average molecular weight is 204 g/mol. The third-order valence-corrected chi connectivity index (χ3v) is 3.14. The normalized spacial score (nSPS) is 26.6. The van der Waals surface area contributed by atoms with Gasteiger partial charge in [-0.1, -0.05) is 30.3 Å². The number of benzene rings is 1. The Hall–Kier alpha value is -1.15. The molecule has 1 aromatic carbocycles. The Morgan fingerprint density at radius 1 is 1.20 bits per heavy atom. The smallest absolute Gasteiger partial charge is 0.162 e. The number of ketones is 1. The van der Waals surface area contributed by atoms with Gasteiger partial charge in [0.1, 0.15) is 6.10 Å². The second-order valence-corrected chi connectivity index (χ2v) is 4.08. The van der Waals surface area contributed by atoms with Crippen molar-refractivity contribution in [1.82, 2.24) is 0 Å². The summed E-state index contributed by atoms with van der Waals surface area (Å²) in [6.45, 7) is 0. The SMILES string of the molecule is CO[C@@H]1CC[C@@H](c2ccccc2)CC1=O.